The minimum Gasteiger partial charge on any atom is -0.207 e. The van der Waals surface area contributed by atoms with Crippen molar-refractivity contribution in [1.82, 2.24) is 0 Å². The number of rotatable bonds is 2. The summed E-state index contributed by atoms with van der Waals surface area (Å²) in [6, 6.07) is 0. The third-order valence-electron chi connectivity index (χ3n) is 2.54. The fourth-order valence-electron chi connectivity index (χ4n) is 1.32. The van der Waals surface area contributed by atoms with E-state index in [0.29, 0.717) is 0 Å². The highest BCUT2D eigenvalue weighted by molar-refractivity contribution is 9.09. The molecule has 11 heavy (non-hydrogen) atoms. The quantitative estimate of drug-likeness (QED) is 0.634. The van der Waals surface area contributed by atoms with Gasteiger partial charge in [-0.05, 0) is 11.3 Å². The maximum absolute atomic E-state index is 12.4. The maximum atomic E-state index is 12.4. The van der Waals surface area contributed by atoms with Crippen LogP contribution in [-0.4, -0.2) is 11.3 Å². The van der Waals surface area contributed by atoms with E-state index in [2.05, 4.69) is 15.9 Å². The second-order valence-electron chi connectivity index (χ2n) is 4.08. The lowest BCUT2D eigenvalue weighted by atomic mass is 9.66. The van der Waals surface area contributed by atoms with Crippen molar-refractivity contribution in [3.8, 4) is 0 Å². The molecule has 0 heterocycles. The molecule has 1 aliphatic carbocycles. The summed E-state index contributed by atoms with van der Waals surface area (Å²) in [7, 11) is 0. The van der Waals surface area contributed by atoms with Crippen molar-refractivity contribution in [1.29, 1.82) is 0 Å². The summed E-state index contributed by atoms with van der Waals surface area (Å²) < 4.78 is 24.9. The largest absolute Gasteiger partial charge is 0.248 e. The maximum Gasteiger partial charge on any atom is 0.248 e. The van der Waals surface area contributed by atoms with Crippen LogP contribution in [0.2, 0.25) is 0 Å². The Morgan fingerprint density at radius 2 is 1.91 bits per heavy atom. The first-order valence-corrected chi connectivity index (χ1v) is 4.93. The predicted molar refractivity (Wildman–Crippen MR) is 45.2 cm³/mol. The molecule has 0 spiro atoms. The van der Waals surface area contributed by atoms with E-state index in [1.54, 1.807) is 0 Å². The average molecular weight is 227 g/mol. The van der Waals surface area contributed by atoms with Crippen LogP contribution in [0.3, 0.4) is 0 Å². The fourth-order valence-corrected chi connectivity index (χ4v) is 1.78. The summed E-state index contributed by atoms with van der Waals surface area (Å²) in [4.78, 5) is 0. The van der Waals surface area contributed by atoms with Crippen LogP contribution < -0.4 is 0 Å². The smallest absolute Gasteiger partial charge is 0.207 e. The molecule has 0 bridgehead atoms. The Bertz CT molecular complexity index is 146. The Labute approximate surface area is 74.5 Å². The first-order valence-electron chi connectivity index (χ1n) is 3.81. The topological polar surface area (TPSA) is 0 Å². The van der Waals surface area contributed by atoms with Crippen LogP contribution in [0, 0.1) is 11.3 Å². The van der Waals surface area contributed by atoms with Crippen molar-refractivity contribution in [3.05, 3.63) is 0 Å². The molecule has 0 unspecified atom stereocenters. The Kier molecular flexibility index (Phi) is 2.30. The lowest BCUT2D eigenvalue weighted by Gasteiger charge is -2.44. The average Bonchev–Trinajstić information content (AvgIpc) is 1.83. The van der Waals surface area contributed by atoms with E-state index in [1.807, 2.05) is 13.8 Å². The molecule has 0 amide bonds. The van der Waals surface area contributed by atoms with Gasteiger partial charge in [-0.1, -0.05) is 29.8 Å². The van der Waals surface area contributed by atoms with Gasteiger partial charge in [0.25, 0.3) is 0 Å². The molecule has 0 radical (unpaired) electrons. The highest BCUT2D eigenvalue weighted by atomic mass is 79.9. The van der Waals surface area contributed by atoms with Gasteiger partial charge >= 0.3 is 0 Å². The van der Waals surface area contributed by atoms with Gasteiger partial charge in [0, 0.05) is 18.2 Å². The first-order chi connectivity index (χ1) is 4.87. The molecule has 0 N–H and O–H groups in total. The highest BCUT2D eigenvalue weighted by Gasteiger charge is 2.50. The van der Waals surface area contributed by atoms with Gasteiger partial charge in [-0.25, -0.2) is 8.78 Å². The fraction of sp³-hybridized carbons (Fsp3) is 1.00. The molecule has 0 aliphatic heterocycles. The van der Waals surface area contributed by atoms with Crippen LogP contribution >= 0.6 is 15.9 Å². The highest BCUT2D eigenvalue weighted by Crippen LogP contribution is 2.51. The first kappa shape index (κ1) is 9.43. The Hall–Kier alpha value is 0.340. The monoisotopic (exact) mass is 226 g/mol. The third-order valence-corrected chi connectivity index (χ3v) is 3.98. The summed E-state index contributed by atoms with van der Waals surface area (Å²) in [5.41, 5.74) is 0.0294. The van der Waals surface area contributed by atoms with Gasteiger partial charge in [0.15, 0.2) is 0 Å². The van der Waals surface area contributed by atoms with E-state index in [-0.39, 0.29) is 24.2 Å². The van der Waals surface area contributed by atoms with Crippen LogP contribution in [-0.2, 0) is 0 Å². The molecule has 1 aliphatic rings. The molecule has 3 heteroatoms. The third kappa shape index (κ3) is 1.92. The van der Waals surface area contributed by atoms with Gasteiger partial charge in [-0.3, -0.25) is 0 Å². The van der Waals surface area contributed by atoms with Gasteiger partial charge in [0.1, 0.15) is 0 Å². The molecule has 0 atom stereocenters. The molecule has 0 aromatic carbocycles. The Morgan fingerprint density at radius 3 is 2.18 bits per heavy atom. The summed E-state index contributed by atoms with van der Waals surface area (Å²) in [6.45, 7) is 4.06. The van der Waals surface area contributed by atoms with E-state index in [4.69, 9.17) is 0 Å². The van der Waals surface area contributed by atoms with Crippen LogP contribution in [0.4, 0.5) is 8.78 Å². The number of alkyl halides is 3. The van der Waals surface area contributed by atoms with Gasteiger partial charge in [0.2, 0.25) is 5.92 Å². The van der Waals surface area contributed by atoms with Crippen molar-refractivity contribution < 1.29 is 8.78 Å². The van der Waals surface area contributed by atoms with Crippen molar-refractivity contribution in [3.63, 3.8) is 0 Å². The van der Waals surface area contributed by atoms with E-state index in [9.17, 15) is 8.78 Å². The van der Waals surface area contributed by atoms with Crippen LogP contribution in [0.15, 0.2) is 0 Å². The predicted octanol–water partition coefficient (Wildman–Crippen LogP) is 3.45. The number of hydrogen-bond acceptors (Lipinski definition) is 0. The van der Waals surface area contributed by atoms with Gasteiger partial charge in [0.05, 0.1) is 0 Å². The van der Waals surface area contributed by atoms with Crippen molar-refractivity contribution in [2.45, 2.75) is 32.6 Å². The Morgan fingerprint density at radius 1 is 1.45 bits per heavy atom. The molecule has 1 fully saturated rings. The second-order valence-corrected chi connectivity index (χ2v) is 4.64. The van der Waals surface area contributed by atoms with Gasteiger partial charge in [-0.15, -0.1) is 0 Å². The molecule has 0 saturated heterocycles. The van der Waals surface area contributed by atoms with E-state index in [0.717, 1.165) is 5.33 Å². The summed E-state index contributed by atoms with van der Waals surface area (Å²) in [5.74, 6) is -2.18. The van der Waals surface area contributed by atoms with E-state index >= 15 is 0 Å². The van der Waals surface area contributed by atoms with Crippen molar-refractivity contribution in [2.24, 2.45) is 11.3 Å². The lowest BCUT2D eigenvalue weighted by molar-refractivity contribution is -0.137. The lowest BCUT2D eigenvalue weighted by Crippen LogP contribution is -2.44. The molecule has 0 nitrogen and oxygen atoms in total. The van der Waals surface area contributed by atoms with Crippen molar-refractivity contribution in [2.75, 3.05) is 5.33 Å². The van der Waals surface area contributed by atoms with Crippen LogP contribution in [0.25, 0.3) is 0 Å². The molecule has 66 valence electrons. The van der Waals surface area contributed by atoms with Gasteiger partial charge in [-0.2, -0.15) is 0 Å². The molecule has 0 aromatic rings. The zero-order chi connectivity index (χ0) is 8.70. The van der Waals surface area contributed by atoms with Gasteiger partial charge < -0.3 is 0 Å². The molecule has 0 aromatic heterocycles. The minimum atomic E-state index is -2.37. The normalized spacial score (nSPS) is 24.8. The van der Waals surface area contributed by atoms with E-state index < -0.39 is 5.92 Å². The summed E-state index contributed by atoms with van der Waals surface area (Å²) >= 11 is 3.34. The number of halogens is 3. The summed E-state index contributed by atoms with van der Waals surface area (Å²) in [6.07, 6.45) is 0.150. The van der Waals surface area contributed by atoms with Crippen LogP contribution in [0.1, 0.15) is 26.7 Å². The summed E-state index contributed by atoms with van der Waals surface area (Å²) in [5, 5.41) is 0.806. The second kappa shape index (κ2) is 2.68. The Balaban J connectivity index is 2.43. The zero-order valence-corrected chi connectivity index (χ0v) is 8.42. The molecular formula is C8H13BrF2. The molecular weight excluding hydrogens is 214 g/mol. The molecule has 1 saturated carbocycles. The zero-order valence-electron chi connectivity index (χ0n) is 6.83. The van der Waals surface area contributed by atoms with Crippen molar-refractivity contribution >= 4 is 15.9 Å². The SMILES string of the molecule is CC(C)(CBr)C1CC(F)(F)C1. The minimum absolute atomic E-state index is 0.0294. The van der Waals surface area contributed by atoms with Crippen LogP contribution in [0.5, 0.6) is 0 Å². The van der Waals surface area contributed by atoms with E-state index in [1.165, 1.54) is 0 Å². The molecule has 1 rings (SSSR count). The number of hydrogen-bond donors (Lipinski definition) is 0. The standard InChI is InChI=1S/C8H13BrF2/c1-7(2,5-9)6-3-8(10,11)4-6/h6H,3-5H2,1-2H3.